The van der Waals surface area contributed by atoms with Crippen LogP contribution in [0.4, 0.5) is 8.78 Å². The highest BCUT2D eigenvalue weighted by Gasteiger charge is 2.22. The van der Waals surface area contributed by atoms with E-state index < -0.39 is 11.6 Å². The number of benzene rings is 3. The van der Waals surface area contributed by atoms with E-state index >= 15 is 0 Å². The Bertz CT molecular complexity index is 1000. The third-order valence-corrected chi connectivity index (χ3v) is 5.47. The van der Waals surface area contributed by atoms with Crippen molar-refractivity contribution in [3.05, 3.63) is 95.6 Å². The van der Waals surface area contributed by atoms with Crippen LogP contribution in [0.5, 0.6) is 0 Å². The molecule has 30 heavy (non-hydrogen) atoms. The van der Waals surface area contributed by atoms with E-state index in [2.05, 4.69) is 29.2 Å². The zero-order valence-electron chi connectivity index (χ0n) is 16.7. The van der Waals surface area contributed by atoms with Crippen LogP contribution in [0.2, 0.25) is 0 Å². The Morgan fingerprint density at radius 1 is 0.767 bits per heavy atom. The summed E-state index contributed by atoms with van der Waals surface area (Å²) in [6.07, 6.45) is 0.394. The predicted octanol–water partition coefficient (Wildman–Crippen LogP) is 4.87. The first-order chi connectivity index (χ1) is 14.6. The molecule has 4 rings (SSSR count). The predicted molar refractivity (Wildman–Crippen MR) is 114 cm³/mol. The lowest BCUT2D eigenvalue weighted by Gasteiger charge is -2.23. The summed E-state index contributed by atoms with van der Waals surface area (Å²) >= 11 is 0. The number of halogens is 2. The summed E-state index contributed by atoms with van der Waals surface area (Å²) in [7, 11) is 0. The van der Waals surface area contributed by atoms with Crippen molar-refractivity contribution < 1.29 is 13.6 Å². The first kappa shape index (κ1) is 20.2. The van der Waals surface area contributed by atoms with E-state index in [9.17, 15) is 13.6 Å². The highest BCUT2D eigenvalue weighted by atomic mass is 19.1. The van der Waals surface area contributed by atoms with Gasteiger partial charge < -0.3 is 4.90 Å². The molecule has 1 aliphatic heterocycles. The molecule has 0 spiro atoms. The number of carbonyl (C=O) groups excluding carboxylic acids is 1. The number of amides is 1. The van der Waals surface area contributed by atoms with Gasteiger partial charge >= 0.3 is 0 Å². The fourth-order valence-electron chi connectivity index (χ4n) is 3.96. The SMILES string of the molecule is O=C1CCN(Cc2cc(F)cc(F)c2)CCN1Cc1ccccc1-c1ccccc1. The van der Waals surface area contributed by atoms with Gasteiger partial charge in [0.2, 0.25) is 5.91 Å². The monoisotopic (exact) mass is 406 g/mol. The van der Waals surface area contributed by atoms with Crippen molar-refractivity contribution in [2.45, 2.75) is 19.5 Å². The molecule has 5 heteroatoms. The Labute approximate surface area is 175 Å². The second-order valence-corrected chi connectivity index (χ2v) is 7.64. The van der Waals surface area contributed by atoms with Crippen LogP contribution in [0.1, 0.15) is 17.5 Å². The maximum absolute atomic E-state index is 13.5. The van der Waals surface area contributed by atoms with Crippen molar-refractivity contribution in [1.29, 1.82) is 0 Å². The molecule has 0 aromatic heterocycles. The summed E-state index contributed by atoms with van der Waals surface area (Å²) in [5, 5.41) is 0. The van der Waals surface area contributed by atoms with E-state index in [0.717, 1.165) is 22.8 Å². The fourth-order valence-corrected chi connectivity index (χ4v) is 3.96. The molecule has 0 unspecified atom stereocenters. The minimum atomic E-state index is -0.574. The Morgan fingerprint density at radius 3 is 2.23 bits per heavy atom. The Kier molecular flexibility index (Phi) is 6.19. The van der Waals surface area contributed by atoms with Gasteiger partial charge in [0.25, 0.3) is 0 Å². The number of hydrogen-bond acceptors (Lipinski definition) is 2. The normalized spacial score (nSPS) is 15.3. The molecule has 0 saturated carbocycles. The molecule has 1 saturated heterocycles. The Morgan fingerprint density at radius 2 is 1.47 bits per heavy atom. The van der Waals surface area contributed by atoms with E-state index in [4.69, 9.17) is 0 Å². The lowest BCUT2D eigenvalue weighted by atomic mass is 9.99. The van der Waals surface area contributed by atoms with Crippen molar-refractivity contribution in [2.75, 3.05) is 19.6 Å². The molecular weight excluding hydrogens is 382 g/mol. The lowest BCUT2D eigenvalue weighted by Crippen LogP contribution is -2.32. The number of hydrogen-bond donors (Lipinski definition) is 0. The van der Waals surface area contributed by atoms with Crippen LogP contribution >= 0.6 is 0 Å². The molecule has 1 fully saturated rings. The summed E-state index contributed by atoms with van der Waals surface area (Å²) in [5.74, 6) is -1.05. The maximum atomic E-state index is 13.5. The van der Waals surface area contributed by atoms with Gasteiger partial charge in [0.15, 0.2) is 0 Å². The van der Waals surface area contributed by atoms with Gasteiger partial charge in [-0.2, -0.15) is 0 Å². The van der Waals surface area contributed by atoms with E-state index in [1.165, 1.54) is 12.1 Å². The van der Waals surface area contributed by atoms with Crippen LogP contribution in [0, 0.1) is 11.6 Å². The zero-order valence-corrected chi connectivity index (χ0v) is 16.7. The van der Waals surface area contributed by atoms with Gasteiger partial charge in [0, 0.05) is 45.2 Å². The first-order valence-corrected chi connectivity index (χ1v) is 10.2. The van der Waals surface area contributed by atoms with E-state index in [-0.39, 0.29) is 5.91 Å². The van der Waals surface area contributed by atoms with Crippen LogP contribution in [-0.4, -0.2) is 35.3 Å². The van der Waals surface area contributed by atoms with Crippen molar-refractivity contribution in [3.8, 4) is 11.1 Å². The third-order valence-electron chi connectivity index (χ3n) is 5.47. The second-order valence-electron chi connectivity index (χ2n) is 7.64. The van der Waals surface area contributed by atoms with Gasteiger partial charge in [-0.3, -0.25) is 9.69 Å². The van der Waals surface area contributed by atoms with Crippen LogP contribution < -0.4 is 0 Å². The highest BCUT2D eigenvalue weighted by Crippen LogP contribution is 2.25. The molecule has 1 heterocycles. The standard InChI is InChI=1S/C25H24F2N2O/c26-22-14-19(15-23(27)16-22)17-28-11-10-25(30)29(13-12-28)18-21-8-4-5-9-24(21)20-6-2-1-3-7-20/h1-9,14-16H,10-13,17-18H2. The van der Waals surface area contributed by atoms with Gasteiger partial charge in [-0.25, -0.2) is 8.78 Å². The molecule has 0 radical (unpaired) electrons. The summed E-state index contributed by atoms with van der Waals surface area (Å²) in [6.45, 7) is 2.80. The molecule has 0 bridgehead atoms. The topological polar surface area (TPSA) is 23.6 Å². The quantitative estimate of drug-likeness (QED) is 0.604. The molecule has 3 aromatic rings. The van der Waals surface area contributed by atoms with E-state index in [1.807, 2.05) is 35.2 Å². The molecule has 1 amide bonds. The molecular formula is C25H24F2N2O. The van der Waals surface area contributed by atoms with Crippen molar-refractivity contribution in [1.82, 2.24) is 9.80 Å². The third kappa shape index (κ3) is 4.92. The zero-order chi connectivity index (χ0) is 20.9. The summed E-state index contributed by atoms with van der Waals surface area (Å²) in [5.41, 5.74) is 3.95. The van der Waals surface area contributed by atoms with Gasteiger partial charge in [-0.1, -0.05) is 54.6 Å². The van der Waals surface area contributed by atoms with Crippen LogP contribution in [0.25, 0.3) is 11.1 Å². The molecule has 3 aromatic carbocycles. The second kappa shape index (κ2) is 9.18. The van der Waals surface area contributed by atoms with Gasteiger partial charge in [0.05, 0.1) is 0 Å². The van der Waals surface area contributed by atoms with E-state index in [0.29, 0.717) is 44.7 Å². The fraction of sp³-hybridized carbons (Fsp3) is 0.240. The highest BCUT2D eigenvalue weighted by molar-refractivity contribution is 5.77. The molecule has 1 aliphatic rings. The molecule has 0 atom stereocenters. The maximum Gasteiger partial charge on any atom is 0.224 e. The first-order valence-electron chi connectivity index (χ1n) is 10.2. The van der Waals surface area contributed by atoms with Crippen LogP contribution in [0.3, 0.4) is 0 Å². The van der Waals surface area contributed by atoms with E-state index in [1.54, 1.807) is 0 Å². The summed E-state index contributed by atoms with van der Waals surface area (Å²) in [4.78, 5) is 16.7. The van der Waals surface area contributed by atoms with Crippen molar-refractivity contribution >= 4 is 5.91 Å². The average molecular weight is 406 g/mol. The average Bonchev–Trinajstić information content (AvgIpc) is 2.90. The smallest absolute Gasteiger partial charge is 0.224 e. The Balaban J connectivity index is 1.46. The van der Waals surface area contributed by atoms with Gasteiger partial charge in [-0.05, 0) is 34.4 Å². The summed E-state index contributed by atoms with van der Waals surface area (Å²) < 4.78 is 27.0. The number of carbonyl (C=O) groups is 1. The molecule has 0 N–H and O–H groups in total. The van der Waals surface area contributed by atoms with Crippen molar-refractivity contribution in [3.63, 3.8) is 0 Å². The van der Waals surface area contributed by atoms with Crippen LogP contribution in [-0.2, 0) is 17.9 Å². The van der Waals surface area contributed by atoms with Gasteiger partial charge in [-0.15, -0.1) is 0 Å². The van der Waals surface area contributed by atoms with Gasteiger partial charge in [0.1, 0.15) is 11.6 Å². The largest absolute Gasteiger partial charge is 0.337 e. The minimum absolute atomic E-state index is 0.103. The minimum Gasteiger partial charge on any atom is -0.337 e. The van der Waals surface area contributed by atoms with Crippen molar-refractivity contribution in [2.24, 2.45) is 0 Å². The molecule has 3 nitrogen and oxygen atoms in total. The molecule has 154 valence electrons. The number of nitrogens with zero attached hydrogens (tertiary/aromatic N) is 2. The Hall–Kier alpha value is -3.05. The molecule has 0 aliphatic carbocycles. The lowest BCUT2D eigenvalue weighted by molar-refractivity contribution is -0.130. The van der Waals surface area contributed by atoms with Crippen LogP contribution in [0.15, 0.2) is 72.8 Å². The summed E-state index contributed by atoms with van der Waals surface area (Å²) in [6, 6.07) is 21.9. The number of rotatable bonds is 5.